The van der Waals surface area contributed by atoms with Crippen LogP contribution in [0, 0.1) is 0 Å². The number of aliphatic hydroxyl groups is 1. The molecule has 0 amide bonds. The number of rotatable bonds is 6. The normalized spacial score (nSPS) is 11.9. The van der Waals surface area contributed by atoms with E-state index in [-0.39, 0.29) is 13.2 Å². The fourth-order valence-corrected chi connectivity index (χ4v) is 0.783. The molecule has 1 atom stereocenters. The molecule has 1 unspecified atom stereocenters. The maximum Gasteiger partial charge on any atom is 0.306 e. The molecule has 0 aliphatic rings. The molecule has 0 aliphatic heterocycles. The number of carbonyl (C=O) groups is 2. The van der Waals surface area contributed by atoms with Crippen LogP contribution in [0.15, 0.2) is 0 Å². The fraction of sp³-hybridized carbons (Fsp3) is 0.778. The highest BCUT2D eigenvalue weighted by Crippen LogP contribution is 1.98. The summed E-state index contributed by atoms with van der Waals surface area (Å²) in [6.45, 7) is 2.66. The molecule has 0 saturated heterocycles. The van der Waals surface area contributed by atoms with E-state index in [0.29, 0.717) is 12.8 Å². The maximum atomic E-state index is 11.0. The summed E-state index contributed by atoms with van der Waals surface area (Å²) in [5.74, 6) is -0.853. The summed E-state index contributed by atoms with van der Waals surface area (Å²) in [6.07, 6.45) is 0.235. The third-order valence-corrected chi connectivity index (χ3v) is 1.43. The van der Waals surface area contributed by atoms with Crippen LogP contribution in [0.4, 0.5) is 0 Å². The number of aliphatic hydroxyl groups excluding tert-OH is 1. The monoisotopic (exact) mass is 204 g/mol. The van der Waals surface area contributed by atoms with Crippen molar-refractivity contribution in [2.45, 2.75) is 32.8 Å². The van der Waals surface area contributed by atoms with Crippen molar-refractivity contribution in [3.05, 3.63) is 0 Å². The second kappa shape index (κ2) is 7.32. The van der Waals surface area contributed by atoms with Crippen LogP contribution in [-0.2, 0) is 19.1 Å². The van der Waals surface area contributed by atoms with E-state index >= 15 is 0 Å². The van der Waals surface area contributed by atoms with Crippen molar-refractivity contribution in [3.8, 4) is 0 Å². The van der Waals surface area contributed by atoms with Gasteiger partial charge in [0, 0.05) is 13.3 Å². The van der Waals surface area contributed by atoms with Gasteiger partial charge in [-0.1, -0.05) is 6.92 Å². The Morgan fingerprint density at radius 2 is 2.07 bits per heavy atom. The van der Waals surface area contributed by atoms with Gasteiger partial charge in [0.15, 0.2) is 6.10 Å². The molecule has 0 aromatic heterocycles. The second-order valence-electron chi connectivity index (χ2n) is 2.85. The predicted molar refractivity (Wildman–Crippen MR) is 48.5 cm³/mol. The quantitative estimate of drug-likeness (QED) is 0.628. The van der Waals surface area contributed by atoms with Crippen molar-refractivity contribution in [2.75, 3.05) is 13.2 Å². The van der Waals surface area contributed by atoms with Gasteiger partial charge in [-0.05, 0) is 6.42 Å². The van der Waals surface area contributed by atoms with Gasteiger partial charge in [-0.2, -0.15) is 0 Å². The first-order chi connectivity index (χ1) is 6.60. The van der Waals surface area contributed by atoms with Gasteiger partial charge in [-0.15, -0.1) is 0 Å². The molecule has 0 spiro atoms. The Kier molecular flexibility index (Phi) is 6.74. The zero-order chi connectivity index (χ0) is 11.0. The Balaban J connectivity index is 3.78. The molecule has 0 heterocycles. The number of carbonyl (C=O) groups excluding carboxylic acids is 2. The molecule has 5 nitrogen and oxygen atoms in total. The van der Waals surface area contributed by atoms with Crippen LogP contribution in [0.3, 0.4) is 0 Å². The average Bonchev–Trinajstić information content (AvgIpc) is 2.12. The Bertz CT molecular complexity index is 190. The average molecular weight is 204 g/mol. The largest absolute Gasteiger partial charge is 0.462 e. The van der Waals surface area contributed by atoms with Crippen LogP contribution in [0.5, 0.6) is 0 Å². The molecule has 5 heteroatoms. The van der Waals surface area contributed by atoms with E-state index in [2.05, 4.69) is 4.74 Å². The molecule has 0 rings (SSSR count). The lowest BCUT2D eigenvalue weighted by Gasteiger charge is -2.14. The van der Waals surface area contributed by atoms with E-state index in [1.807, 2.05) is 6.92 Å². The molecule has 0 aliphatic carbocycles. The smallest absolute Gasteiger partial charge is 0.306 e. The van der Waals surface area contributed by atoms with E-state index in [0.717, 1.165) is 0 Å². The zero-order valence-corrected chi connectivity index (χ0v) is 8.49. The van der Waals surface area contributed by atoms with Crippen LogP contribution >= 0.6 is 0 Å². The summed E-state index contributed by atoms with van der Waals surface area (Å²) in [6, 6.07) is 0. The van der Waals surface area contributed by atoms with Crippen LogP contribution in [-0.4, -0.2) is 36.4 Å². The molecule has 0 bridgehead atoms. The summed E-state index contributed by atoms with van der Waals surface area (Å²) < 4.78 is 9.42. The maximum absolute atomic E-state index is 11.0. The van der Waals surface area contributed by atoms with Crippen LogP contribution in [0.1, 0.15) is 26.7 Å². The van der Waals surface area contributed by atoms with E-state index in [9.17, 15) is 9.59 Å². The summed E-state index contributed by atoms with van der Waals surface area (Å²) >= 11 is 0. The third kappa shape index (κ3) is 6.42. The summed E-state index contributed by atoms with van der Waals surface area (Å²) in [5.41, 5.74) is 0. The first-order valence-electron chi connectivity index (χ1n) is 4.53. The molecule has 0 aromatic rings. The Hall–Kier alpha value is -1.10. The number of hydrogen-bond donors (Lipinski definition) is 1. The van der Waals surface area contributed by atoms with Gasteiger partial charge >= 0.3 is 11.9 Å². The van der Waals surface area contributed by atoms with Gasteiger partial charge in [0.1, 0.15) is 6.61 Å². The molecular weight excluding hydrogens is 188 g/mol. The highest BCUT2D eigenvalue weighted by Gasteiger charge is 2.14. The van der Waals surface area contributed by atoms with E-state index in [4.69, 9.17) is 9.84 Å². The molecule has 0 saturated carbocycles. The molecule has 0 aromatic carbocycles. The summed E-state index contributed by atoms with van der Waals surface area (Å²) in [4.78, 5) is 21.4. The lowest BCUT2D eigenvalue weighted by Crippen LogP contribution is -2.27. The van der Waals surface area contributed by atoms with Crippen molar-refractivity contribution in [1.82, 2.24) is 0 Å². The van der Waals surface area contributed by atoms with Gasteiger partial charge < -0.3 is 14.6 Å². The Morgan fingerprint density at radius 1 is 1.43 bits per heavy atom. The first-order valence-corrected chi connectivity index (χ1v) is 4.53. The Morgan fingerprint density at radius 3 is 2.50 bits per heavy atom. The van der Waals surface area contributed by atoms with E-state index < -0.39 is 18.0 Å². The number of esters is 2. The minimum Gasteiger partial charge on any atom is -0.462 e. The molecule has 82 valence electrons. The van der Waals surface area contributed by atoms with E-state index in [1.54, 1.807) is 0 Å². The molecule has 0 radical (unpaired) electrons. The van der Waals surface area contributed by atoms with Gasteiger partial charge in [-0.25, -0.2) is 0 Å². The minimum atomic E-state index is -0.752. The van der Waals surface area contributed by atoms with Crippen molar-refractivity contribution in [3.63, 3.8) is 0 Å². The van der Waals surface area contributed by atoms with Crippen molar-refractivity contribution in [1.29, 1.82) is 0 Å². The van der Waals surface area contributed by atoms with Crippen molar-refractivity contribution >= 4 is 11.9 Å². The zero-order valence-electron chi connectivity index (χ0n) is 8.49. The van der Waals surface area contributed by atoms with Crippen LogP contribution in [0.2, 0.25) is 0 Å². The fourth-order valence-electron chi connectivity index (χ4n) is 0.783. The topological polar surface area (TPSA) is 72.8 Å². The third-order valence-electron chi connectivity index (χ3n) is 1.43. The lowest BCUT2D eigenvalue weighted by molar-refractivity contribution is -0.160. The van der Waals surface area contributed by atoms with Crippen LogP contribution < -0.4 is 0 Å². The minimum absolute atomic E-state index is 0.0959. The molecule has 0 fully saturated rings. The molecule has 1 N–H and O–H groups in total. The number of hydrogen-bond acceptors (Lipinski definition) is 5. The lowest BCUT2D eigenvalue weighted by atomic mass is 10.3. The van der Waals surface area contributed by atoms with Gasteiger partial charge in [0.2, 0.25) is 0 Å². The highest BCUT2D eigenvalue weighted by molar-refractivity contribution is 5.69. The SMILES string of the molecule is CCCC(=O)OC(CO)COC(C)=O. The molecular formula is C9H16O5. The summed E-state index contributed by atoms with van der Waals surface area (Å²) in [5, 5.41) is 8.79. The Labute approximate surface area is 83.0 Å². The highest BCUT2D eigenvalue weighted by atomic mass is 16.6. The second-order valence-corrected chi connectivity index (χ2v) is 2.85. The standard InChI is InChI=1S/C9H16O5/c1-3-4-9(12)14-8(5-10)6-13-7(2)11/h8,10H,3-6H2,1-2H3. The van der Waals surface area contributed by atoms with Gasteiger partial charge in [0.05, 0.1) is 6.61 Å². The van der Waals surface area contributed by atoms with Crippen LogP contribution in [0.25, 0.3) is 0 Å². The molecule has 14 heavy (non-hydrogen) atoms. The van der Waals surface area contributed by atoms with Crippen molar-refractivity contribution in [2.24, 2.45) is 0 Å². The van der Waals surface area contributed by atoms with Gasteiger partial charge in [-0.3, -0.25) is 9.59 Å². The summed E-state index contributed by atoms with van der Waals surface area (Å²) in [7, 11) is 0. The first kappa shape index (κ1) is 12.9. The van der Waals surface area contributed by atoms with E-state index in [1.165, 1.54) is 6.92 Å². The number of ether oxygens (including phenoxy) is 2. The predicted octanol–water partition coefficient (Wildman–Crippen LogP) is 0.254. The van der Waals surface area contributed by atoms with Gasteiger partial charge in [0.25, 0.3) is 0 Å². The van der Waals surface area contributed by atoms with Crippen molar-refractivity contribution < 1.29 is 24.2 Å².